The summed E-state index contributed by atoms with van der Waals surface area (Å²) in [5.74, 6) is 4.81. The summed E-state index contributed by atoms with van der Waals surface area (Å²) in [7, 11) is 0. The lowest BCUT2D eigenvalue weighted by molar-refractivity contribution is -0.141. The molecule has 0 aromatic heterocycles. The van der Waals surface area contributed by atoms with Crippen molar-refractivity contribution in [3.63, 3.8) is 0 Å². The number of aliphatic hydroxyl groups excluding tert-OH is 1. The molecule has 0 aromatic carbocycles. The molecule has 172 valence electrons. The van der Waals surface area contributed by atoms with E-state index in [1.165, 1.54) is 38.5 Å². The summed E-state index contributed by atoms with van der Waals surface area (Å²) in [5, 5.41) is 11.1. The van der Waals surface area contributed by atoms with E-state index in [1.807, 2.05) is 0 Å². The lowest BCUT2D eigenvalue weighted by atomic mass is 9.44. The fourth-order valence-corrected chi connectivity index (χ4v) is 9.06. The molecular weight excluding hydrogens is 368 g/mol. The van der Waals surface area contributed by atoms with E-state index in [-0.39, 0.29) is 6.10 Å². The van der Waals surface area contributed by atoms with E-state index in [0.717, 1.165) is 49.9 Å². The van der Waals surface area contributed by atoms with Gasteiger partial charge in [0.15, 0.2) is 0 Å². The van der Waals surface area contributed by atoms with Crippen LogP contribution in [0.4, 0.5) is 0 Å². The standard InChI is InChI=1S/C28H48O2/c1-18(25(30)13-14-26(2,3)4)22-9-10-23-21-8-7-19-17-20(29)11-15-27(19,5)24(21)12-16-28(22,23)6/h18-19,21-25,30H,7-17H2,1-6H3/t18-,19?,21-,22+,23-,24-,25?,27-,28+/m0/s1. The second-order valence-corrected chi connectivity index (χ2v) is 13.7. The Kier molecular flexibility index (Phi) is 6.00. The van der Waals surface area contributed by atoms with Crippen molar-refractivity contribution in [2.45, 2.75) is 118 Å². The first-order chi connectivity index (χ1) is 14.0. The summed E-state index contributed by atoms with van der Waals surface area (Å²) in [4.78, 5) is 12.1. The maximum Gasteiger partial charge on any atom is 0.133 e. The molecule has 4 fully saturated rings. The first-order valence-electron chi connectivity index (χ1n) is 13.2. The highest BCUT2D eigenvalue weighted by Crippen LogP contribution is 2.68. The zero-order valence-corrected chi connectivity index (χ0v) is 20.7. The second kappa shape index (κ2) is 7.89. The molecule has 0 aromatic rings. The average Bonchev–Trinajstić information content (AvgIpc) is 3.02. The van der Waals surface area contributed by atoms with Crippen LogP contribution in [0.2, 0.25) is 0 Å². The maximum atomic E-state index is 12.1. The van der Waals surface area contributed by atoms with Gasteiger partial charge in [0.2, 0.25) is 0 Å². The Morgan fingerprint density at radius 3 is 2.40 bits per heavy atom. The van der Waals surface area contributed by atoms with Crippen LogP contribution in [0.1, 0.15) is 112 Å². The van der Waals surface area contributed by atoms with Gasteiger partial charge in [-0.3, -0.25) is 4.79 Å². The van der Waals surface area contributed by atoms with Crippen LogP contribution in [-0.2, 0) is 4.79 Å². The Bertz CT molecular complexity index is 648. The molecule has 0 spiro atoms. The molecule has 2 heteroatoms. The normalized spacial score (nSPS) is 46.0. The van der Waals surface area contributed by atoms with E-state index in [1.54, 1.807) is 0 Å². The van der Waals surface area contributed by atoms with E-state index < -0.39 is 0 Å². The summed E-state index contributed by atoms with van der Waals surface area (Å²) in [6.07, 6.45) is 12.8. The number of rotatable bonds is 4. The van der Waals surface area contributed by atoms with Crippen LogP contribution in [0.3, 0.4) is 0 Å². The summed E-state index contributed by atoms with van der Waals surface area (Å²) < 4.78 is 0. The van der Waals surface area contributed by atoms with Crippen molar-refractivity contribution in [3.8, 4) is 0 Å². The number of hydrogen-bond acceptors (Lipinski definition) is 2. The topological polar surface area (TPSA) is 37.3 Å². The quantitative estimate of drug-likeness (QED) is 0.533. The number of ketones is 1. The zero-order chi connectivity index (χ0) is 21.9. The molecule has 1 N–H and O–H groups in total. The number of aliphatic hydroxyl groups is 1. The Labute approximate surface area is 186 Å². The van der Waals surface area contributed by atoms with Crippen LogP contribution in [0.15, 0.2) is 0 Å². The number of carbonyl (C=O) groups excluding carboxylic acids is 1. The van der Waals surface area contributed by atoms with E-state index in [4.69, 9.17) is 0 Å². The highest BCUT2D eigenvalue weighted by atomic mass is 16.3. The molecule has 4 aliphatic rings. The van der Waals surface area contributed by atoms with Gasteiger partial charge in [0.1, 0.15) is 5.78 Å². The smallest absolute Gasteiger partial charge is 0.133 e. The van der Waals surface area contributed by atoms with Gasteiger partial charge in [-0.2, -0.15) is 0 Å². The zero-order valence-electron chi connectivity index (χ0n) is 20.7. The molecule has 0 radical (unpaired) electrons. The molecule has 0 aliphatic heterocycles. The predicted molar refractivity (Wildman–Crippen MR) is 124 cm³/mol. The van der Waals surface area contributed by atoms with Gasteiger partial charge in [-0.25, -0.2) is 0 Å². The van der Waals surface area contributed by atoms with E-state index in [2.05, 4.69) is 41.5 Å². The summed E-state index contributed by atoms with van der Waals surface area (Å²) in [6.45, 7) is 14.4. The molecule has 4 aliphatic carbocycles. The van der Waals surface area contributed by atoms with Crippen molar-refractivity contribution in [1.29, 1.82) is 0 Å². The number of hydrogen-bond donors (Lipinski definition) is 1. The van der Waals surface area contributed by atoms with Gasteiger partial charge in [-0.1, -0.05) is 41.5 Å². The Morgan fingerprint density at radius 1 is 1.00 bits per heavy atom. The third-order valence-corrected chi connectivity index (χ3v) is 11.0. The van der Waals surface area contributed by atoms with Crippen molar-refractivity contribution >= 4 is 5.78 Å². The van der Waals surface area contributed by atoms with Crippen LogP contribution < -0.4 is 0 Å². The molecule has 0 amide bonds. The van der Waals surface area contributed by atoms with Crippen molar-refractivity contribution < 1.29 is 9.90 Å². The summed E-state index contributed by atoms with van der Waals surface area (Å²) in [6, 6.07) is 0. The lowest BCUT2D eigenvalue weighted by Crippen LogP contribution is -2.54. The van der Waals surface area contributed by atoms with Crippen molar-refractivity contribution in [1.82, 2.24) is 0 Å². The van der Waals surface area contributed by atoms with Gasteiger partial charge in [-0.05, 0) is 110 Å². The molecule has 0 bridgehead atoms. The predicted octanol–water partition coefficient (Wildman–Crippen LogP) is 7.04. The average molecular weight is 417 g/mol. The minimum atomic E-state index is -0.153. The molecular formula is C28H48O2. The fourth-order valence-electron chi connectivity index (χ4n) is 9.06. The van der Waals surface area contributed by atoms with Gasteiger partial charge in [0.05, 0.1) is 6.10 Å². The van der Waals surface area contributed by atoms with Crippen molar-refractivity contribution in [2.75, 3.05) is 0 Å². The molecule has 4 rings (SSSR count). The Balaban J connectivity index is 1.48. The largest absolute Gasteiger partial charge is 0.393 e. The molecule has 30 heavy (non-hydrogen) atoms. The van der Waals surface area contributed by atoms with Gasteiger partial charge >= 0.3 is 0 Å². The Morgan fingerprint density at radius 2 is 1.70 bits per heavy atom. The van der Waals surface area contributed by atoms with Gasteiger partial charge in [-0.15, -0.1) is 0 Å². The number of carbonyl (C=O) groups is 1. The van der Waals surface area contributed by atoms with E-state index in [9.17, 15) is 9.90 Å². The first-order valence-corrected chi connectivity index (χ1v) is 13.2. The summed E-state index contributed by atoms with van der Waals surface area (Å²) >= 11 is 0. The lowest BCUT2D eigenvalue weighted by Gasteiger charge is -2.60. The van der Waals surface area contributed by atoms with E-state index >= 15 is 0 Å². The van der Waals surface area contributed by atoms with Crippen LogP contribution >= 0.6 is 0 Å². The van der Waals surface area contributed by atoms with Crippen LogP contribution in [0.25, 0.3) is 0 Å². The molecule has 9 atom stereocenters. The van der Waals surface area contributed by atoms with Gasteiger partial charge < -0.3 is 5.11 Å². The number of Topliss-reactive ketones (excluding diaryl/α,β-unsaturated/α-hetero) is 1. The monoisotopic (exact) mass is 416 g/mol. The van der Waals surface area contributed by atoms with Crippen molar-refractivity contribution in [2.24, 2.45) is 51.8 Å². The highest BCUT2D eigenvalue weighted by molar-refractivity contribution is 5.79. The summed E-state index contributed by atoms with van der Waals surface area (Å²) in [5.41, 5.74) is 1.13. The minimum Gasteiger partial charge on any atom is -0.393 e. The third-order valence-electron chi connectivity index (χ3n) is 11.0. The van der Waals surface area contributed by atoms with Crippen LogP contribution in [0.5, 0.6) is 0 Å². The first kappa shape index (κ1) is 22.8. The molecule has 0 saturated heterocycles. The van der Waals surface area contributed by atoms with E-state index in [0.29, 0.717) is 39.8 Å². The molecule has 0 heterocycles. The fraction of sp³-hybridized carbons (Fsp3) is 0.964. The van der Waals surface area contributed by atoms with Crippen LogP contribution in [-0.4, -0.2) is 17.0 Å². The Hall–Kier alpha value is -0.370. The minimum absolute atomic E-state index is 0.153. The van der Waals surface area contributed by atoms with Crippen molar-refractivity contribution in [3.05, 3.63) is 0 Å². The highest BCUT2D eigenvalue weighted by Gasteiger charge is 2.60. The molecule has 2 unspecified atom stereocenters. The molecule has 4 saturated carbocycles. The van der Waals surface area contributed by atoms with Gasteiger partial charge in [0.25, 0.3) is 0 Å². The van der Waals surface area contributed by atoms with Gasteiger partial charge in [0, 0.05) is 12.8 Å². The second-order valence-electron chi connectivity index (χ2n) is 13.7. The molecule has 2 nitrogen and oxygen atoms in total. The van der Waals surface area contributed by atoms with Crippen LogP contribution in [0, 0.1) is 51.8 Å². The maximum absolute atomic E-state index is 12.1. The SMILES string of the molecule is C[C@H](C(O)CCC(C)(C)C)[C@H]1CC[C@H]2[C@@H]3CCC4CC(=O)CC[C@]4(C)[C@H]3CC[C@]12C. The third kappa shape index (κ3) is 3.82. The number of fused-ring (bicyclic) bond motifs is 5.